The first-order valence-corrected chi connectivity index (χ1v) is 5.94. The van der Waals surface area contributed by atoms with Gasteiger partial charge in [-0.05, 0) is 7.05 Å². The lowest BCUT2D eigenvalue weighted by Gasteiger charge is -2.31. The van der Waals surface area contributed by atoms with E-state index >= 15 is 0 Å². The number of hydrogen-bond acceptors (Lipinski definition) is 6. The fraction of sp³-hybridized carbons (Fsp3) is 0.556. The molecule has 1 saturated heterocycles. The predicted octanol–water partition coefficient (Wildman–Crippen LogP) is -0.376. The monoisotopic (exact) mass is 256 g/mol. The van der Waals surface area contributed by atoms with Crippen LogP contribution in [0.25, 0.3) is 0 Å². The van der Waals surface area contributed by atoms with Gasteiger partial charge in [0.05, 0.1) is 0 Å². The van der Waals surface area contributed by atoms with Gasteiger partial charge in [0.2, 0.25) is 10.0 Å². The average molecular weight is 256 g/mol. The molecule has 1 aliphatic heterocycles. The van der Waals surface area contributed by atoms with Gasteiger partial charge in [-0.3, -0.25) is 4.79 Å². The van der Waals surface area contributed by atoms with Gasteiger partial charge < -0.3 is 14.9 Å². The molecular formula is C9H12N4O3S. The van der Waals surface area contributed by atoms with Crippen LogP contribution in [0.3, 0.4) is 0 Å². The molecule has 0 unspecified atom stereocenters. The molecule has 8 heteroatoms. The normalized spacial score (nSPS) is 17.1. The summed E-state index contributed by atoms with van der Waals surface area (Å²) < 4.78 is 0. The highest BCUT2D eigenvalue weighted by Crippen LogP contribution is 2.13. The van der Waals surface area contributed by atoms with Crippen molar-refractivity contribution in [2.45, 2.75) is 0 Å². The van der Waals surface area contributed by atoms with Gasteiger partial charge in [0.15, 0.2) is 0 Å². The van der Waals surface area contributed by atoms with E-state index in [0.717, 1.165) is 24.4 Å². The van der Waals surface area contributed by atoms with E-state index in [4.69, 9.17) is 5.11 Å². The number of carboxylic acids is 1. The summed E-state index contributed by atoms with van der Waals surface area (Å²) in [7, 11) is 2.00. The molecule has 0 radical (unpaired) electrons. The van der Waals surface area contributed by atoms with Gasteiger partial charge in [0, 0.05) is 26.2 Å². The quantitative estimate of drug-likeness (QED) is 0.776. The number of aromatic nitrogens is 2. The van der Waals surface area contributed by atoms with E-state index < -0.39 is 5.97 Å². The van der Waals surface area contributed by atoms with E-state index in [1.165, 1.54) is 0 Å². The molecule has 0 saturated carbocycles. The molecule has 1 aromatic heterocycles. The number of carbonyl (C=O) groups excluding carboxylic acids is 1. The van der Waals surface area contributed by atoms with Crippen LogP contribution in [0.1, 0.15) is 19.6 Å². The van der Waals surface area contributed by atoms with E-state index in [1.807, 2.05) is 7.05 Å². The third-order valence-electron chi connectivity index (χ3n) is 2.58. The van der Waals surface area contributed by atoms with Crippen molar-refractivity contribution < 1.29 is 14.7 Å². The number of hydrogen-bond donors (Lipinski definition) is 1. The molecule has 1 aromatic rings. The zero-order valence-electron chi connectivity index (χ0n) is 9.29. The maximum atomic E-state index is 12.0. The third-order valence-corrected chi connectivity index (χ3v) is 3.48. The van der Waals surface area contributed by atoms with Crippen molar-refractivity contribution >= 4 is 23.2 Å². The second kappa shape index (κ2) is 4.76. The van der Waals surface area contributed by atoms with Crippen molar-refractivity contribution in [1.82, 2.24) is 20.0 Å². The Morgan fingerprint density at radius 2 is 1.76 bits per heavy atom. The second-order valence-electron chi connectivity index (χ2n) is 3.81. The lowest BCUT2D eigenvalue weighted by Crippen LogP contribution is -2.47. The highest BCUT2D eigenvalue weighted by Gasteiger charge is 2.24. The van der Waals surface area contributed by atoms with Crippen LogP contribution < -0.4 is 0 Å². The van der Waals surface area contributed by atoms with Gasteiger partial charge in [-0.2, -0.15) is 0 Å². The molecule has 2 heterocycles. The fourth-order valence-electron chi connectivity index (χ4n) is 1.54. The molecule has 1 fully saturated rings. The summed E-state index contributed by atoms with van der Waals surface area (Å²) in [6.07, 6.45) is 0. The number of likely N-dealkylation sites (N-methyl/N-ethyl adjacent to an activating group) is 1. The molecule has 0 aliphatic carbocycles. The molecule has 0 spiro atoms. The fourth-order valence-corrected chi connectivity index (χ4v) is 2.19. The Balaban J connectivity index is 2.06. The summed E-state index contributed by atoms with van der Waals surface area (Å²) in [6, 6.07) is 0. The summed E-state index contributed by atoms with van der Waals surface area (Å²) in [5.41, 5.74) is 0. The van der Waals surface area contributed by atoms with Gasteiger partial charge in [-0.1, -0.05) is 11.3 Å². The summed E-state index contributed by atoms with van der Waals surface area (Å²) >= 11 is 0.817. The van der Waals surface area contributed by atoms with Gasteiger partial charge in [0.1, 0.15) is 0 Å². The van der Waals surface area contributed by atoms with E-state index in [2.05, 4.69) is 15.1 Å². The minimum absolute atomic E-state index is 0.145. The summed E-state index contributed by atoms with van der Waals surface area (Å²) in [5.74, 6) is -1.39. The van der Waals surface area contributed by atoms with Crippen molar-refractivity contribution in [3.63, 3.8) is 0 Å². The Kier molecular flexibility index (Phi) is 3.34. The smallest absolute Gasteiger partial charge is 0.367 e. The van der Waals surface area contributed by atoms with Crippen molar-refractivity contribution in [3.05, 3.63) is 10.0 Å². The number of amides is 1. The van der Waals surface area contributed by atoms with Crippen LogP contribution in [-0.4, -0.2) is 70.2 Å². The number of nitrogens with zero attached hydrogens (tertiary/aromatic N) is 4. The van der Waals surface area contributed by atoms with E-state index in [1.54, 1.807) is 4.90 Å². The van der Waals surface area contributed by atoms with Crippen LogP contribution in [0.5, 0.6) is 0 Å². The van der Waals surface area contributed by atoms with E-state index in [9.17, 15) is 9.59 Å². The molecule has 2 rings (SSSR count). The van der Waals surface area contributed by atoms with Crippen LogP contribution in [0.4, 0.5) is 0 Å². The molecule has 0 aromatic carbocycles. The van der Waals surface area contributed by atoms with Crippen molar-refractivity contribution in [1.29, 1.82) is 0 Å². The Labute approximate surface area is 102 Å². The number of piperazine rings is 1. The number of carbonyl (C=O) groups is 2. The van der Waals surface area contributed by atoms with Crippen LogP contribution >= 0.6 is 11.3 Å². The first-order chi connectivity index (χ1) is 8.08. The minimum Gasteiger partial charge on any atom is -0.476 e. The van der Waals surface area contributed by atoms with Gasteiger partial charge in [-0.25, -0.2) is 4.79 Å². The summed E-state index contributed by atoms with van der Waals surface area (Å²) in [4.78, 5) is 26.4. The second-order valence-corrected chi connectivity index (χ2v) is 4.79. The van der Waals surface area contributed by atoms with E-state index in [-0.39, 0.29) is 15.9 Å². The predicted molar refractivity (Wildman–Crippen MR) is 60.3 cm³/mol. The van der Waals surface area contributed by atoms with Crippen molar-refractivity contribution in [2.75, 3.05) is 33.2 Å². The Morgan fingerprint density at radius 3 is 2.29 bits per heavy atom. The molecule has 0 bridgehead atoms. The Hall–Kier alpha value is -1.54. The lowest BCUT2D eigenvalue weighted by molar-refractivity contribution is 0.0660. The first-order valence-electron chi connectivity index (χ1n) is 5.12. The topological polar surface area (TPSA) is 86.6 Å². The van der Waals surface area contributed by atoms with Crippen LogP contribution in [0.2, 0.25) is 0 Å². The molecule has 17 heavy (non-hydrogen) atoms. The van der Waals surface area contributed by atoms with Gasteiger partial charge >= 0.3 is 5.97 Å². The molecule has 1 amide bonds. The lowest BCUT2D eigenvalue weighted by atomic mass is 10.3. The highest BCUT2D eigenvalue weighted by molar-refractivity contribution is 7.15. The average Bonchev–Trinajstić information content (AvgIpc) is 2.78. The van der Waals surface area contributed by atoms with Crippen LogP contribution in [0, 0.1) is 0 Å². The Morgan fingerprint density at radius 1 is 1.18 bits per heavy atom. The molecule has 7 nitrogen and oxygen atoms in total. The molecular weight excluding hydrogens is 244 g/mol. The molecule has 0 atom stereocenters. The zero-order chi connectivity index (χ0) is 12.4. The Bertz CT molecular complexity index is 439. The molecule has 92 valence electrons. The van der Waals surface area contributed by atoms with Crippen molar-refractivity contribution in [2.24, 2.45) is 0 Å². The maximum Gasteiger partial charge on any atom is 0.367 e. The largest absolute Gasteiger partial charge is 0.476 e. The third kappa shape index (κ3) is 2.59. The maximum absolute atomic E-state index is 12.0. The van der Waals surface area contributed by atoms with Gasteiger partial charge in [0.25, 0.3) is 5.91 Å². The van der Waals surface area contributed by atoms with Gasteiger partial charge in [-0.15, -0.1) is 10.2 Å². The summed E-state index contributed by atoms with van der Waals surface area (Å²) in [6.45, 7) is 2.90. The van der Waals surface area contributed by atoms with Crippen molar-refractivity contribution in [3.8, 4) is 0 Å². The molecule has 1 N–H and O–H groups in total. The molecule has 1 aliphatic rings. The SMILES string of the molecule is CN1CCN(C(=O)c2nnc(C(=O)O)s2)CC1. The standard InChI is InChI=1S/C9H12N4O3S/c1-12-2-4-13(5-3-12)8(14)6-10-11-7(17-6)9(15)16/h2-5H2,1H3,(H,15,16). The highest BCUT2D eigenvalue weighted by atomic mass is 32.1. The van der Waals surface area contributed by atoms with E-state index in [0.29, 0.717) is 13.1 Å². The number of rotatable bonds is 2. The van der Waals surface area contributed by atoms with Crippen LogP contribution in [-0.2, 0) is 0 Å². The zero-order valence-corrected chi connectivity index (χ0v) is 10.1. The minimum atomic E-state index is -1.15. The first kappa shape index (κ1) is 11.9. The number of aromatic carboxylic acids is 1. The number of carboxylic acid groups (broad SMARTS) is 1. The summed E-state index contributed by atoms with van der Waals surface area (Å²) in [5, 5.41) is 15.8. The van der Waals surface area contributed by atoms with Crippen LogP contribution in [0.15, 0.2) is 0 Å².